The van der Waals surface area contributed by atoms with Crippen LogP contribution < -0.4 is 15.0 Å². The van der Waals surface area contributed by atoms with Crippen LogP contribution in [0, 0.1) is 5.82 Å². The van der Waals surface area contributed by atoms with E-state index in [-0.39, 0.29) is 6.04 Å². The highest BCUT2D eigenvalue weighted by Gasteiger charge is 2.37. The lowest BCUT2D eigenvalue weighted by Crippen LogP contribution is -2.42. The van der Waals surface area contributed by atoms with Gasteiger partial charge in [-0.25, -0.2) is 14.4 Å². The molecule has 1 saturated heterocycles. The first kappa shape index (κ1) is 27.4. The third-order valence-electron chi connectivity index (χ3n) is 7.86. The molecule has 1 N–H and O–H groups in total. The summed E-state index contributed by atoms with van der Waals surface area (Å²) in [7, 11) is 4.24. The second-order valence-corrected chi connectivity index (χ2v) is 10.6. The van der Waals surface area contributed by atoms with Gasteiger partial charge in [-0.05, 0) is 65.6 Å². The Kier molecular flexibility index (Phi) is 7.84. The van der Waals surface area contributed by atoms with Crippen LogP contribution in [-0.2, 0) is 6.18 Å². The van der Waals surface area contributed by atoms with Crippen molar-refractivity contribution in [3.8, 4) is 5.88 Å². The van der Waals surface area contributed by atoms with Gasteiger partial charge in [0.25, 0.3) is 5.88 Å². The van der Waals surface area contributed by atoms with E-state index >= 15 is 0 Å². The smallest absolute Gasteiger partial charge is 0.419 e. The summed E-state index contributed by atoms with van der Waals surface area (Å²) >= 11 is 0. The predicted molar refractivity (Wildman–Crippen MR) is 142 cm³/mol. The Morgan fingerprint density at radius 3 is 2.44 bits per heavy atom. The Labute approximate surface area is 225 Å². The first-order chi connectivity index (χ1) is 18.7. The van der Waals surface area contributed by atoms with Crippen molar-refractivity contribution in [3.63, 3.8) is 0 Å². The van der Waals surface area contributed by atoms with Crippen molar-refractivity contribution in [2.45, 2.75) is 69.8 Å². The number of ether oxygens (including phenoxy) is 1. The molecule has 0 atom stereocenters. The highest BCUT2D eigenvalue weighted by molar-refractivity contribution is 5.91. The lowest BCUT2D eigenvalue weighted by Gasteiger charge is -2.35. The van der Waals surface area contributed by atoms with Gasteiger partial charge in [-0.1, -0.05) is 0 Å². The summed E-state index contributed by atoms with van der Waals surface area (Å²) in [4.78, 5) is 12.9. The molecule has 3 aromatic rings. The first-order valence-corrected chi connectivity index (χ1v) is 13.6. The fourth-order valence-electron chi connectivity index (χ4n) is 5.69. The highest BCUT2D eigenvalue weighted by Crippen LogP contribution is 2.38. The van der Waals surface area contributed by atoms with Crippen molar-refractivity contribution in [1.29, 1.82) is 0 Å². The average Bonchev–Trinajstić information content (AvgIpc) is 3.29. The van der Waals surface area contributed by atoms with E-state index in [1.54, 1.807) is 0 Å². The van der Waals surface area contributed by atoms with Crippen LogP contribution in [0.4, 0.5) is 29.2 Å². The number of aromatic nitrogens is 4. The highest BCUT2D eigenvalue weighted by atomic mass is 19.4. The Morgan fingerprint density at radius 1 is 1.08 bits per heavy atom. The first-order valence-electron chi connectivity index (χ1n) is 13.6. The molecule has 3 aromatic heterocycles. The zero-order valence-corrected chi connectivity index (χ0v) is 22.5. The number of hydrogen-bond donors (Lipinski definition) is 1. The third kappa shape index (κ3) is 5.75. The number of piperidine rings is 1. The van der Waals surface area contributed by atoms with Crippen LogP contribution in [-0.4, -0.2) is 70.5 Å². The van der Waals surface area contributed by atoms with E-state index in [1.807, 2.05) is 19.2 Å². The number of anilines is 2. The van der Waals surface area contributed by atoms with Gasteiger partial charge in [0.2, 0.25) is 0 Å². The number of hydrogen-bond acceptors (Lipinski definition) is 7. The summed E-state index contributed by atoms with van der Waals surface area (Å²) < 4.78 is 61.4. The average molecular weight is 550 g/mol. The van der Waals surface area contributed by atoms with Crippen LogP contribution in [0.15, 0.2) is 24.5 Å². The van der Waals surface area contributed by atoms with Gasteiger partial charge < -0.3 is 19.9 Å². The molecule has 1 saturated carbocycles. The van der Waals surface area contributed by atoms with Crippen molar-refractivity contribution >= 4 is 22.5 Å². The minimum Gasteiger partial charge on any atom is -0.472 e. The van der Waals surface area contributed by atoms with Crippen LogP contribution in [0.5, 0.6) is 5.88 Å². The van der Waals surface area contributed by atoms with Crippen molar-refractivity contribution in [2.24, 2.45) is 0 Å². The second kappa shape index (κ2) is 11.1. The quantitative estimate of drug-likeness (QED) is 0.390. The minimum absolute atomic E-state index is 0.0802. The lowest BCUT2D eigenvalue weighted by atomic mass is 9.93. The van der Waals surface area contributed by atoms with Crippen LogP contribution >= 0.6 is 0 Å². The zero-order chi connectivity index (χ0) is 27.7. The van der Waals surface area contributed by atoms with Crippen LogP contribution in [0.3, 0.4) is 0 Å². The molecule has 0 aromatic carbocycles. The van der Waals surface area contributed by atoms with E-state index in [1.165, 1.54) is 0 Å². The topological polar surface area (TPSA) is 71.3 Å². The molecule has 5 rings (SSSR count). The number of nitrogens with one attached hydrogen (secondary N) is 1. The molecule has 0 amide bonds. The lowest BCUT2D eigenvalue weighted by molar-refractivity contribution is -0.140. The molecule has 2 fully saturated rings. The molecule has 12 heteroatoms. The zero-order valence-electron chi connectivity index (χ0n) is 22.5. The molecule has 0 bridgehead atoms. The van der Waals surface area contributed by atoms with Gasteiger partial charge in [0.15, 0.2) is 11.6 Å². The van der Waals surface area contributed by atoms with E-state index in [0.29, 0.717) is 37.8 Å². The molecule has 39 heavy (non-hydrogen) atoms. The number of halogens is 4. The van der Waals surface area contributed by atoms with E-state index < -0.39 is 29.5 Å². The molecule has 0 radical (unpaired) electrons. The van der Waals surface area contributed by atoms with Crippen molar-refractivity contribution in [1.82, 2.24) is 24.6 Å². The van der Waals surface area contributed by atoms with Crippen molar-refractivity contribution in [2.75, 3.05) is 43.9 Å². The van der Waals surface area contributed by atoms with Gasteiger partial charge >= 0.3 is 6.18 Å². The molecule has 0 unspecified atom stereocenters. The molecule has 212 valence electrons. The van der Waals surface area contributed by atoms with Gasteiger partial charge in [-0.15, -0.1) is 0 Å². The second-order valence-electron chi connectivity index (χ2n) is 10.6. The van der Waals surface area contributed by atoms with Gasteiger partial charge in [-0.2, -0.15) is 18.3 Å². The third-order valence-corrected chi connectivity index (χ3v) is 7.86. The molecule has 1 aliphatic carbocycles. The number of fused-ring (bicyclic) bond motifs is 1. The van der Waals surface area contributed by atoms with Gasteiger partial charge in [-0.3, -0.25) is 4.68 Å². The maximum Gasteiger partial charge on any atom is 0.419 e. The maximum atomic E-state index is 14.4. The Balaban J connectivity index is 1.34. The molecule has 8 nitrogen and oxygen atoms in total. The van der Waals surface area contributed by atoms with Gasteiger partial charge in [0.05, 0.1) is 22.5 Å². The number of pyridine rings is 2. The molecule has 0 spiro atoms. The monoisotopic (exact) mass is 549 g/mol. The Hall–Kier alpha value is -3.15. The van der Waals surface area contributed by atoms with E-state index in [4.69, 9.17) is 9.84 Å². The normalized spacial score (nSPS) is 21.1. The maximum absolute atomic E-state index is 14.4. The van der Waals surface area contributed by atoms with Gasteiger partial charge in [0, 0.05) is 44.1 Å². The standard InChI is InChI=1S/C27H35F4N7O/c1-4-32-23-15-22-20(16-34-23)25(37-13-10-17(11-14-37)36(2)3)35-38(22)18-5-7-19(8-6-18)39-26-24(28)21(9-12-33-26)27(29,30)31/h9,12,15-19H,4-8,10-11,13-14H2,1-3H3,(H,32,34). The van der Waals surface area contributed by atoms with E-state index in [0.717, 1.165) is 61.2 Å². The van der Waals surface area contributed by atoms with Gasteiger partial charge in [0.1, 0.15) is 11.9 Å². The summed E-state index contributed by atoms with van der Waals surface area (Å²) in [6.07, 6.45) is 2.23. The summed E-state index contributed by atoms with van der Waals surface area (Å²) in [6.45, 7) is 4.60. The molecule has 2 aliphatic rings. The molecular formula is C27H35F4N7O. The molecule has 1 aliphatic heterocycles. The van der Waals surface area contributed by atoms with Crippen molar-refractivity contribution < 1.29 is 22.3 Å². The van der Waals surface area contributed by atoms with Crippen LogP contribution in [0.2, 0.25) is 0 Å². The summed E-state index contributed by atoms with van der Waals surface area (Å²) in [5, 5.41) is 9.38. The molecule has 4 heterocycles. The Bertz CT molecular complexity index is 1280. The van der Waals surface area contributed by atoms with E-state index in [2.05, 4.69) is 43.9 Å². The molecular weight excluding hydrogens is 514 g/mol. The SMILES string of the molecule is CCNc1cc2c(cn1)c(N1CCC(N(C)C)CC1)nn2C1CCC(Oc2nccc(C(F)(F)F)c2F)CC1. The number of rotatable bonds is 7. The summed E-state index contributed by atoms with van der Waals surface area (Å²) in [5.74, 6) is -0.336. The predicted octanol–water partition coefficient (Wildman–Crippen LogP) is 5.51. The summed E-state index contributed by atoms with van der Waals surface area (Å²) in [5.41, 5.74) is -0.364. The number of alkyl halides is 3. The largest absolute Gasteiger partial charge is 0.472 e. The fraction of sp³-hybridized carbons (Fsp3) is 0.593. The van der Waals surface area contributed by atoms with Crippen LogP contribution in [0.1, 0.15) is 57.1 Å². The minimum atomic E-state index is -4.80. The van der Waals surface area contributed by atoms with E-state index in [9.17, 15) is 17.6 Å². The number of nitrogens with zero attached hydrogens (tertiary/aromatic N) is 6. The van der Waals surface area contributed by atoms with Crippen molar-refractivity contribution in [3.05, 3.63) is 35.9 Å². The fourth-order valence-corrected chi connectivity index (χ4v) is 5.69. The Morgan fingerprint density at radius 2 is 1.79 bits per heavy atom. The summed E-state index contributed by atoms with van der Waals surface area (Å²) in [6, 6.07) is 3.29. The van der Waals surface area contributed by atoms with Crippen LogP contribution in [0.25, 0.3) is 10.9 Å².